The van der Waals surface area contributed by atoms with Gasteiger partial charge in [-0.05, 0) is 64.2 Å². The lowest BCUT2D eigenvalue weighted by molar-refractivity contribution is -0.151. The van der Waals surface area contributed by atoms with E-state index in [9.17, 15) is 9.18 Å². The summed E-state index contributed by atoms with van der Waals surface area (Å²) >= 11 is 3.61. The lowest BCUT2D eigenvalue weighted by Crippen LogP contribution is -2.42. The molecule has 4 aromatic rings. The first-order chi connectivity index (χ1) is 16.0. The Labute approximate surface area is 198 Å². The van der Waals surface area contributed by atoms with Crippen molar-refractivity contribution in [3.63, 3.8) is 0 Å². The van der Waals surface area contributed by atoms with Crippen LogP contribution in [-0.2, 0) is 26.3 Å². The van der Waals surface area contributed by atoms with Crippen molar-refractivity contribution in [3.8, 4) is 5.75 Å². The molecule has 0 unspecified atom stereocenters. The van der Waals surface area contributed by atoms with Crippen molar-refractivity contribution in [3.05, 3.63) is 76.3 Å². The normalized spacial score (nSPS) is 15.6. The second kappa shape index (κ2) is 8.76. The van der Waals surface area contributed by atoms with Gasteiger partial charge in [0.15, 0.2) is 0 Å². The smallest absolute Gasteiger partial charge is 0.316 e. The highest BCUT2D eigenvalue weighted by molar-refractivity contribution is 9.10. The van der Waals surface area contributed by atoms with E-state index in [1.54, 1.807) is 12.3 Å². The maximum atomic E-state index is 14.6. The summed E-state index contributed by atoms with van der Waals surface area (Å²) in [6.45, 7) is 1.07. The standard InChI is InChI=1S/C25H22BrFN2O4/c1-31-24(30)25(4-8-32-9-5-25)17-11-18(27)13-19(12-17)33-15-16-2-3-20-21(26)14-23-28-6-7-29(23)22(20)10-16/h2-3,6-7,10-14H,4-5,8-9,15H2,1H3. The van der Waals surface area contributed by atoms with Gasteiger partial charge in [-0.15, -0.1) is 0 Å². The number of imidazole rings is 1. The molecule has 1 saturated heterocycles. The molecule has 2 aromatic carbocycles. The minimum atomic E-state index is -0.935. The first-order valence-electron chi connectivity index (χ1n) is 10.6. The molecule has 0 amide bonds. The molecule has 1 aliphatic rings. The van der Waals surface area contributed by atoms with Gasteiger partial charge in [0.2, 0.25) is 0 Å². The van der Waals surface area contributed by atoms with Crippen LogP contribution in [0.3, 0.4) is 0 Å². The minimum Gasteiger partial charge on any atom is -0.489 e. The van der Waals surface area contributed by atoms with Crippen LogP contribution in [0.1, 0.15) is 24.0 Å². The van der Waals surface area contributed by atoms with Gasteiger partial charge >= 0.3 is 5.97 Å². The van der Waals surface area contributed by atoms with Crippen LogP contribution in [0.15, 0.2) is 59.3 Å². The van der Waals surface area contributed by atoms with Crippen molar-refractivity contribution < 1.29 is 23.4 Å². The van der Waals surface area contributed by atoms with E-state index in [-0.39, 0.29) is 12.6 Å². The molecule has 0 bridgehead atoms. The Morgan fingerprint density at radius 2 is 2.03 bits per heavy atom. The minimum absolute atomic E-state index is 0.246. The van der Waals surface area contributed by atoms with Crippen LogP contribution in [-0.4, -0.2) is 35.7 Å². The highest BCUT2D eigenvalue weighted by atomic mass is 79.9. The quantitative estimate of drug-likeness (QED) is 0.344. The van der Waals surface area contributed by atoms with Gasteiger partial charge in [0.05, 0.1) is 18.0 Å². The molecule has 170 valence electrons. The summed E-state index contributed by atoms with van der Waals surface area (Å²) in [4.78, 5) is 17.0. The van der Waals surface area contributed by atoms with Gasteiger partial charge in [0.1, 0.15) is 23.8 Å². The molecule has 0 radical (unpaired) electrons. The number of hydrogen-bond donors (Lipinski definition) is 0. The van der Waals surface area contributed by atoms with Crippen LogP contribution in [0.5, 0.6) is 5.75 Å². The fourth-order valence-electron chi connectivity index (χ4n) is 4.50. The third-order valence-corrected chi connectivity index (χ3v) is 6.91. The zero-order chi connectivity index (χ0) is 23.0. The molecule has 2 aromatic heterocycles. The molecule has 0 saturated carbocycles. The maximum absolute atomic E-state index is 14.6. The summed E-state index contributed by atoms with van der Waals surface area (Å²) in [5.41, 5.74) is 2.37. The Balaban J connectivity index is 1.45. The summed E-state index contributed by atoms with van der Waals surface area (Å²) in [5.74, 6) is -0.478. The van der Waals surface area contributed by atoms with Crippen LogP contribution in [0.25, 0.3) is 16.6 Å². The topological polar surface area (TPSA) is 62.1 Å². The Hall–Kier alpha value is -2.97. The first kappa shape index (κ1) is 21.9. The maximum Gasteiger partial charge on any atom is 0.316 e. The molecule has 0 spiro atoms. The van der Waals surface area contributed by atoms with Crippen LogP contribution in [0.2, 0.25) is 0 Å². The number of halogens is 2. The van der Waals surface area contributed by atoms with E-state index >= 15 is 0 Å². The average Bonchev–Trinajstić information content (AvgIpc) is 3.31. The first-order valence-corrected chi connectivity index (χ1v) is 11.4. The van der Waals surface area contributed by atoms with Gasteiger partial charge < -0.3 is 14.2 Å². The molecule has 33 heavy (non-hydrogen) atoms. The SMILES string of the molecule is COC(=O)C1(c2cc(F)cc(OCc3ccc4c(Br)cc5nccn5c4c3)c2)CCOCC1. The Kier molecular flexibility index (Phi) is 5.80. The highest BCUT2D eigenvalue weighted by Gasteiger charge is 2.43. The zero-order valence-corrected chi connectivity index (χ0v) is 19.6. The van der Waals surface area contributed by atoms with Gasteiger partial charge in [-0.3, -0.25) is 9.20 Å². The van der Waals surface area contributed by atoms with Crippen LogP contribution in [0, 0.1) is 5.82 Å². The van der Waals surface area contributed by atoms with E-state index in [0.29, 0.717) is 37.4 Å². The lowest BCUT2D eigenvalue weighted by Gasteiger charge is -2.35. The molecule has 1 fully saturated rings. The van der Waals surface area contributed by atoms with Gasteiger partial charge in [-0.1, -0.05) is 12.1 Å². The number of rotatable bonds is 5. The van der Waals surface area contributed by atoms with Gasteiger partial charge in [0.25, 0.3) is 0 Å². The van der Waals surface area contributed by atoms with E-state index in [1.807, 2.05) is 34.9 Å². The summed E-state index contributed by atoms with van der Waals surface area (Å²) in [6, 6.07) is 12.5. The van der Waals surface area contributed by atoms with E-state index in [4.69, 9.17) is 14.2 Å². The van der Waals surface area contributed by atoms with Crippen molar-refractivity contribution in [1.29, 1.82) is 0 Å². The number of pyridine rings is 1. The third-order valence-electron chi connectivity index (χ3n) is 6.26. The molecule has 5 rings (SSSR count). The molecule has 0 aliphatic carbocycles. The van der Waals surface area contributed by atoms with Gasteiger partial charge in [-0.25, -0.2) is 9.37 Å². The summed E-state index contributed by atoms with van der Waals surface area (Å²) in [7, 11) is 1.35. The summed E-state index contributed by atoms with van der Waals surface area (Å²) in [6.07, 6.45) is 4.53. The predicted octanol–water partition coefficient (Wildman–Crippen LogP) is 5.19. The van der Waals surface area contributed by atoms with Crippen molar-refractivity contribution in [2.75, 3.05) is 20.3 Å². The van der Waals surface area contributed by atoms with Crippen LogP contribution < -0.4 is 4.74 Å². The number of esters is 1. The largest absolute Gasteiger partial charge is 0.489 e. The Morgan fingerprint density at radius 3 is 2.82 bits per heavy atom. The van der Waals surface area contributed by atoms with Crippen LogP contribution >= 0.6 is 15.9 Å². The highest BCUT2D eigenvalue weighted by Crippen LogP contribution is 2.38. The predicted molar refractivity (Wildman–Crippen MR) is 125 cm³/mol. The van der Waals surface area contributed by atoms with E-state index in [1.165, 1.54) is 19.2 Å². The van der Waals surface area contributed by atoms with Crippen molar-refractivity contribution >= 4 is 38.4 Å². The van der Waals surface area contributed by atoms with E-state index < -0.39 is 11.2 Å². The Morgan fingerprint density at radius 1 is 1.21 bits per heavy atom. The summed E-state index contributed by atoms with van der Waals surface area (Å²) < 4.78 is 34.0. The number of carbonyl (C=O) groups excluding carboxylic acids is 1. The van der Waals surface area contributed by atoms with Crippen molar-refractivity contribution in [2.45, 2.75) is 24.9 Å². The molecule has 0 atom stereocenters. The third kappa shape index (κ3) is 3.98. The number of fused-ring (bicyclic) bond motifs is 3. The molecule has 0 N–H and O–H groups in total. The van der Waals surface area contributed by atoms with Crippen molar-refractivity contribution in [1.82, 2.24) is 9.38 Å². The number of carbonyl (C=O) groups is 1. The lowest BCUT2D eigenvalue weighted by atomic mass is 9.74. The van der Waals surface area contributed by atoms with E-state index in [2.05, 4.69) is 20.9 Å². The molecule has 6 nitrogen and oxygen atoms in total. The Bertz CT molecular complexity index is 1350. The fourth-order valence-corrected chi connectivity index (χ4v) is 5.04. The van der Waals surface area contributed by atoms with Gasteiger partial charge in [0, 0.05) is 41.5 Å². The molecule has 8 heteroatoms. The fraction of sp³-hybridized carbons (Fsp3) is 0.280. The summed E-state index contributed by atoms with van der Waals surface area (Å²) in [5, 5.41) is 1.05. The molecular weight excluding hydrogens is 491 g/mol. The molecular formula is C25H22BrFN2O4. The van der Waals surface area contributed by atoms with Crippen molar-refractivity contribution in [2.24, 2.45) is 0 Å². The molecule has 3 heterocycles. The monoisotopic (exact) mass is 512 g/mol. The number of nitrogens with zero attached hydrogens (tertiary/aromatic N) is 2. The number of ether oxygens (including phenoxy) is 3. The number of benzene rings is 2. The van der Waals surface area contributed by atoms with Gasteiger partial charge in [-0.2, -0.15) is 0 Å². The second-order valence-corrected chi connectivity index (χ2v) is 9.00. The average molecular weight is 513 g/mol. The zero-order valence-electron chi connectivity index (χ0n) is 18.0. The number of methoxy groups -OCH3 is 1. The number of aromatic nitrogens is 2. The van der Waals surface area contributed by atoms with Crippen LogP contribution in [0.4, 0.5) is 4.39 Å². The second-order valence-electron chi connectivity index (χ2n) is 8.15. The number of hydrogen-bond acceptors (Lipinski definition) is 5. The van der Waals surface area contributed by atoms with E-state index in [0.717, 1.165) is 26.6 Å². The molecule has 1 aliphatic heterocycles.